The molecule has 182 valence electrons. The molecule has 36 heavy (non-hydrogen) atoms. The van der Waals surface area contributed by atoms with Crippen molar-refractivity contribution < 1.29 is 18.7 Å². The molecule has 2 aromatic carbocycles. The van der Waals surface area contributed by atoms with E-state index in [2.05, 4.69) is 16.8 Å². The highest BCUT2D eigenvalue weighted by Crippen LogP contribution is 2.37. The van der Waals surface area contributed by atoms with Crippen LogP contribution in [-0.2, 0) is 4.79 Å². The topological polar surface area (TPSA) is 69.0 Å². The summed E-state index contributed by atoms with van der Waals surface area (Å²) in [4.78, 5) is 23.9. The lowest BCUT2D eigenvalue weighted by molar-refractivity contribution is -0.126. The van der Waals surface area contributed by atoms with Gasteiger partial charge in [0, 0.05) is 24.5 Å². The fourth-order valence-corrected chi connectivity index (χ4v) is 4.65. The van der Waals surface area contributed by atoms with Crippen molar-refractivity contribution in [2.75, 3.05) is 13.7 Å². The second-order valence-electron chi connectivity index (χ2n) is 8.48. The normalized spacial score (nSPS) is 15.0. The third-order valence-electron chi connectivity index (χ3n) is 6.31. The second kappa shape index (κ2) is 9.70. The molecule has 0 aliphatic carbocycles. The van der Waals surface area contributed by atoms with Crippen LogP contribution in [0.3, 0.4) is 0 Å². The highest BCUT2D eigenvalue weighted by Gasteiger charge is 2.33. The van der Waals surface area contributed by atoms with Gasteiger partial charge in [0.2, 0.25) is 5.82 Å². The molecule has 1 amide bonds. The van der Waals surface area contributed by atoms with E-state index in [0.29, 0.717) is 12.3 Å². The summed E-state index contributed by atoms with van der Waals surface area (Å²) < 4.78 is 27.3. The number of nitrogens with zero attached hydrogens (tertiary/aromatic N) is 4. The number of carbonyl (C=O) groups excluding carboxylic acids is 1. The molecule has 5 rings (SSSR count). The predicted molar refractivity (Wildman–Crippen MR) is 133 cm³/mol. The van der Waals surface area contributed by atoms with Crippen molar-refractivity contribution in [1.29, 1.82) is 0 Å². The summed E-state index contributed by atoms with van der Waals surface area (Å²) in [7, 11) is 1.41. The summed E-state index contributed by atoms with van der Waals surface area (Å²) in [5.41, 5.74) is 3.32. The molecule has 1 atom stereocenters. The van der Waals surface area contributed by atoms with Crippen LogP contribution in [0.15, 0.2) is 54.9 Å². The number of benzene rings is 2. The molecule has 4 aromatic rings. The van der Waals surface area contributed by atoms with Crippen LogP contribution in [0, 0.1) is 24.6 Å². The van der Waals surface area contributed by atoms with Crippen molar-refractivity contribution in [2.45, 2.75) is 32.7 Å². The zero-order chi connectivity index (χ0) is 25.2. The first-order valence-electron chi connectivity index (χ1n) is 11.7. The van der Waals surface area contributed by atoms with Crippen LogP contribution in [0.4, 0.5) is 4.39 Å². The number of likely N-dealkylation sites (tertiary alicyclic amines) is 1. The number of aryl methyl sites for hydroxylation is 1. The largest absolute Gasteiger partial charge is 0.494 e. The Morgan fingerprint density at radius 3 is 2.69 bits per heavy atom. The molecule has 0 bridgehead atoms. The fourth-order valence-electron chi connectivity index (χ4n) is 4.65. The molecule has 7 nitrogen and oxygen atoms in total. The first-order valence-corrected chi connectivity index (χ1v) is 11.7. The number of hydrogen-bond donors (Lipinski definition) is 0. The van der Waals surface area contributed by atoms with Gasteiger partial charge in [-0.25, -0.2) is 4.98 Å². The Balaban J connectivity index is 1.52. The number of carbonyl (C=O) groups is 1. The molecule has 1 saturated heterocycles. The summed E-state index contributed by atoms with van der Waals surface area (Å²) in [6, 6.07) is 11.9. The maximum absolute atomic E-state index is 14.5. The van der Waals surface area contributed by atoms with E-state index in [-0.39, 0.29) is 23.4 Å². The minimum absolute atomic E-state index is 0.0815. The number of rotatable bonds is 5. The summed E-state index contributed by atoms with van der Waals surface area (Å²) in [6.45, 7) is 4.25. The zero-order valence-electron chi connectivity index (χ0n) is 20.3. The summed E-state index contributed by atoms with van der Waals surface area (Å²) >= 11 is 0. The van der Waals surface area contributed by atoms with Crippen molar-refractivity contribution in [1.82, 2.24) is 19.3 Å². The van der Waals surface area contributed by atoms with E-state index in [1.54, 1.807) is 42.3 Å². The Morgan fingerprint density at radius 2 is 1.94 bits per heavy atom. The molecule has 1 aliphatic heterocycles. The average Bonchev–Trinajstić information content (AvgIpc) is 3.52. The zero-order valence-corrected chi connectivity index (χ0v) is 20.3. The van der Waals surface area contributed by atoms with Gasteiger partial charge in [-0.15, -0.1) is 0 Å². The molecule has 8 heteroatoms. The lowest BCUT2D eigenvalue weighted by Crippen LogP contribution is -2.30. The van der Waals surface area contributed by atoms with Gasteiger partial charge in [0.25, 0.3) is 5.91 Å². The van der Waals surface area contributed by atoms with Crippen molar-refractivity contribution in [3.8, 4) is 40.3 Å². The van der Waals surface area contributed by atoms with Crippen LogP contribution in [0.1, 0.15) is 37.3 Å². The molecule has 0 spiro atoms. The van der Waals surface area contributed by atoms with Crippen molar-refractivity contribution in [3.05, 3.63) is 72.2 Å². The summed E-state index contributed by atoms with van der Waals surface area (Å²) in [5, 5.41) is 0. The van der Waals surface area contributed by atoms with Gasteiger partial charge in [0.1, 0.15) is 11.6 Å². The van der Waals surface area contributed by atoms with Crippen LogP contribution in [0.2, 0.25) is 0 Å². The summed E-state index contributed by atoms with van der Waals surface area (Å²) in [6.07, 6.45) is 5.33. The lowest BCUT2D eigenvalue weighted by Gasteiger charge is -2.21. The standard InChI is InChI=1S/C28H25FN4O3/c1-4-7-24(34)32-16-6-8-21(32)28-31-26(27-18(2)30-15-17-33(27)28)19-11-13-20(14-12-19)36-23-10-5-9-22(35-3)25(23)29/h5,9-15,17,21H,6,8,16H2,1-3H3. The fraction of sp³-hybridized carbons (Fsp3) is 0.250. The Kier molecular flexibility index (Phi) is 6.30. The SMILES string of the molecule is CC#CC(=O)N1CCCC1c1nc(-c2ccc(Oc3cccc(OC)c3F)cc2)c2c(C)nccn12. The molecule has 0 N–H and O–H groups in total. The van der Waals surface area contributed by atoms with Crippen molar-refractivity contribution in [3.63, 3.8) is 0 Å². The quantitative estimate of drug-likeness (QED) is 0.358. The van der Waals surface area contributed by atoms with E-state index >= 15 is 0 Å². The number of amides is 1. The van der Waals surface area contributed by atoms with Gasteiger partial charge in [-0.1, -0.05) is 12.0 Å². The lowest BCUT2D eigenvalue weighted by atomic mass is 10.1. The number of aromatic nitrogens is 3. The molecular weight excluding hydrogens is 459 g/mol. The third kappa shape index (κ3) is 4.13. The number of ether oxygens (including phenoxy) is 2. The molecule has 0 radical (unpaired) electrons. The predicted octanol–water partition coefficient (Wildman–Crippen LogP) is 5.33. The van der Waals surface area contributed by atoms with E-state index < -0.39 is 5.82 Å². The van der Waals surface area contributed by atoms with Gasteiger partial charge in [-0.3, -0.25) is 14.2 Å². The third-order valence-corrected chi connectivity index (χ3v) is 6.31. The van der Waals surface area contributed by atoms with Gasteiger partial charge in [-0.05, 0) is 69.0 Å². The molecule has 3 heterocycles. The van der Waals surface area contributed by atoms with Crippen molar-refractivity contribution in [2.24, 2.45) is 0 Å². The van der Waals surface area contributed by atoms with Gasteiger partial charge in [-0.2, -0.15) is 4.39 Å². The first-order chi connectivity index (χ1) is 17.5. The Hall–Kier alpha value is -4.38. The monoisotopic (exact) mass is 484 g/mol. The first kappa shape index (κ1) is 23.4. The van der Waals surface area contributed by atoms with Crippen LogP contribution >= 0.6 is 0 Å². The minimum Gasteiger partial charge on any atom is -0.494 e. The minimum atomic E-state index is -0.557. The van der Waals surface area contributed by atoms with Crippen LogP contribution in [-0.4, -0.2) is 38.8 Å². The molecule has 1 aliphatic rings. The molecule has 1 fully saturated rings. The molecule has 0 saturated carbocycles. The van der Waals surface area contributed by atoms with Crippen LogP contribution in [0.5, 0.6) is 17.2 Å². The number of fused-ring (bicyclic) bond motifs is 1. The van der Waals surface area contributed by atoms with Crippen LogP contribution < -0.4 is 9.47 Å². The highest BCUT2D eigenvalue weighted by atomic mass is 19.1. The summed E-state index contributed by atoms with van der Waals surface area (Å²) in [5.74, 6) is 6.09. The van der Waals surface area contributed by atoms with Crippen LogP contribution in [0.25, 0.3) is 16.8 Å². The van der Waals surface area contributed by atoms with Gasteiger partial charge in [0.05, 0.1) is 30.1 Å². The van der Waals surface area contributed by atoms with E-state index in [4.69, 9.17) is 14.5 Å². The Labute approximate surface area is 208 Å². The number of methoxy groups -OCH3 is 1. The number of imidazole rings is 1. The van der Waals surface area contributed by atoms with Crippen molar-refractivity contribution >= 4 is 11.4 Å². The average molecular weight is 485 g/mol. The number of halogens is 1. The van der Waals surface area contributed by atoms with E-state index in [0.717, 1.165) is 41.1 Å². The Morgan fingerprint density at radius 1 is 1.17 bits per heavy atom. The molecule has 2 aromatic heterocycles. The van der Waals surface area contributed by atoms with Gasteiger partial charge >= 0.3 is 0 Å². The van der Waals surface area contributed by atoms with Gasteiger partial charge < -0.3 is 14.4 Å². The van der Waals surface area contributed by atoms with E-state index in [1.807, 2.05) is 29.7 Å². The maximum Gasteiger partial charge on any atom is 0.299 e. The molecular formula is C28H25FN4O3. The Bertz CT molecular complexity index is 1500. The second-order valence-corrected chi connectivity index (χ2v) is 8.48. The smallest absolute Gasteiger partial charge is 0.299 e. The van der Waals surface area contributed by atoms with E-state index in [1.165, 1.54) is 13.2 Å². The van der Waals surface area contributed by atoms with Gasteiger partial charge in [0.15, 0.2) is 11.5 Å². The molecule has 1 unspecified atom stereocenters. The van der Waals surface area contributed by atoms with E-state index in [9.17, 15) is 9.18 Å². The highest BCUT2D eigenvalue weighted by molar-refractivity contribution is 5.94. The maximum atomic E-state index is 14.5. The number of hydrogen-bond acceptors (Lipinski definition) is 5.